The second-order valence-electron chi connectivity index (χ2n) is 4.63. The van der Waals surface area contributed by atoms with Gasteiger partial charge >= 0.3 is 0 Å². The third kappa shape index (κ3) is 2.14. The number of hydrogen-bond donors (Lipinski definition) is 0. The Kier molecular flexibility index (Phi) is 3.06. The van der Waals surface area contributed by atoms with Gasteiger partial charge in [-0.15, -0.1) is 0 Å². The van der Waals surface area contributed by atoms with Gasteiger partial charge in [0, 0.05) is 19.0 Å². The molecular formula is C13H16FNO. The van der Waals surface area contributed by atoms with Gasteiger partial charge in [-0.3, -0.25) is 4.79 Å². The molecule has 0 aliphatic carbocycles. The summed E-state index contributed by atoms with van der Waals surface area (Å²) in [4.78, 5) is 14.2. The molecule has 2 rings (SSSR count). The maximum atomic E-state index is 13.1. The minimum absolute atomic E-state index is 0.0343. The van der Waals surface area contributed by atoms with Gasteiger partial charge in [0.25, 0.3) is 0 Å². The molecule has 0 radical (unpaired) electrons. The van der Waals surface area contributed by atoms with E-state index >= 15 is 0 Å². The Balaban J connectivity index is 2.28. The number of rotatable bonds is 1. The molecule has 2 nitrogen and oxygen atoms in total. The van der Waals surface area contributed by atoms with E-state index in [2.05, 4.69) is 4.90 Å². The average Bonchev–Trinajstić information content (AvgIpc) is 2.23. The molecule has 16 heavy (non-hydrogen) atoms. The molecule has 0 bridgehead atoms. The lowest BCUT2D eigenvalue weighted by Gasteiger charge is -2.33. The lowest BCUT2D eigenvalue weighted by Crippen LogP contribution is -2.42. The van der Waals surface area contributed by atoms with Gasteiger partial charge in [0.15, 0.2) is 0 Å². The number of Topliss-reactive ketones (excluding diaryl/α,β-unsaturated/α-hetero) is 1. The Labute approximate surface area is 95.1 Å². The maximum Gasteiger partial charge on any atom is 0.145 e. The van der Waals surface area contributed by atoms with Crippen molar-refractivity contribution in [2.24, 2.45) is 5.92 Å². The molecule has 0 saturated carbocycles. The van der Waals surface area contributed by atoms with Gasteiger partial charge in [-0.25, -0.2) is 4.39 Å². The number of carbonyl (C=O) groups is 1. The molecule has 1 aromatic carbocycles. The van der Waals surface area contributed by atoms with E-state index in [1.807, 2.05) is 20.0 Å². The molecule has 1 aliphatic rings. The van der Waals surface area contributed by atoms with Gasteiger partial charge in [-0.1, -0.05) is 19.1 Å². The molecule has 1 aliphatic heterocycles. The first kappa shape index (κ1) is 11.3. The molecule has 1 saturated heterocycles. The fraction of sp³-hybridized carbons (Fsp3) is 0.462. The Morgan fingerprint density at radius 3 is 2.81 bits per heavy atom. The summed E-state index contributed by atoms with van der Waals surface area (Å²) >= 11 is 0. The third-order valence-corrected chi connectivity index (χ3v) is 3.16. The van der Waals surface area contributed by atoms with Gasteiger partial charge in [0.1, 0.15) is 11.6 Å². The number of benzene rings is 1. The summed E-state index contributed by atoms with van der Waals surface area (Å²) in [5.41, 5.74) is 0.795. The molecule has 0 amide bonds. The Morgan fingerprint density at radius 2 is 2.12 bits per heavy atom. The van der Waals surface area contributed by atoms with E-state index in [-0.39, 0.29) is 23.4 Å². The van der Waals surface area contributed by atoms with E-state index in [0.717, 1.165) is 12.1 Å². The highest BCUT2D eigenvalue weighted by molar-refractivity contribution is 5.88. The summed E-state index contributed by atoms with van der Waals surface area (Å²) in [5, 5.41) is 0. The summed E-state index contributed by atoms with van der Waals surface area (Å²) in [5.74, 6) is -0.189. The Morgan fingerprint density at radius 1 is 1.38 bits per heavy atom. The minimum atomic E-state index is -0.272. The van der Waals surface area contributed by atoms with Crippen LogP contribution in [-0.4, -0.2) is 30.8 Å². The SMILES string of the molecule is CC1CN(C)CC(c2cccc(F)c2)C1=O. The van der Waals surface area contributed by atoms with Crippen LogP contribution in [-0.2, 0) is 4.79 Å². The van der Waals surface area contributed by atoms with Crippen molar-refractivity contribution in [1.29, 1.82) is 0 Å². The molecule has 0 spiro atoms. The van der Waals surface area contributed by atoms with E-state index in [1.54, 1.807) is 6.07 Å². The zero-order chi connectivity index (χ0) is 11.7. The van der Waals surface area contributed by atoms with Gasteiger partial charge in [-0.05, 0) is 24.7 Å². The zero-order valence-electron chi connectivity index (χ0n) is 9.61. The van der Waals surface area contributed by atoms with E-state index < -0.39 is 0 Å². The van der Waals surface area contributed by atoms with Crippen molar-refractivity contribution in [3.8, 4) is 0 Å². The quantitative estimate of drug-likeness (QED) is 0.723. The van der Waals surface area contributed by atoms with Crippen LogP contribution in [0.3, 0.4) is 0 Å². The van der Waals surface area contributed by atoms with Crippen LogP contribution in [0.1, 0.15) is 18.4 Å². The first-order valence-corrected chi connectivity index (χ1v) is 5.55. The summed E-state index contributed by atoms with van der Waals surface area (Å²) in [7, 11) is 2.00. The van der Waals surface area contributed by atoms with Crippen molar-refractivity contribution in [1.82, 2.24) is 4.90 Å². The molecule has 2 atom stereocenters. The monoisotopic (exact) mass is 221 g/mol. The van der Waals surface area contributed by atoms with Crippen molar-refractivity contribution in [3.05, 3.63) is 35.6 Å². The fourth-order valence-corrected chi connectivity index (χ4v) is 2.37. The average molecular weight is 221 g/mol. The first-order valence-electron chi connectivity index (χ1n) is 5.55. The third-order valence-electron chi connectivity index (χ3n) is 3.16. The Bertz CT molecular complexity index is 405. The fourth-order valence-electron chi connectivity index (χ4n) is 2.37. The van der Waals surface area contributed by atoms with Gasteiger partial charge in [0.2, 0.25) is 0 Å². The molecule has 2 unspecified atom stereocenters. The molecule has 86 valence electrons. The first-order chi connectivity index (χ1) is 7.58. The number of ketones is 1. The number of likely N-dealkylation sites (N-methyl/N-ethyl adjacent to an activating group) is 1. The van der Waals surface area contributed by atoms with Gasteiger partial charge < -0.3 is 4.90 Å². The van der Waals surface area contributed by atoms with Crippen molar-refractivity contribution in [3.63, 3.8) is 0 Å². The van der Waals surface area contributed by atoms with Crippen molar-refractivity contribution in [2.45, 2.75) is 12.8 Å². The highest BCUT2D eigenvalue weighted by Gasteiger charge is 2.32. The van der Waals surface area contributed by atoms with Crippen LogP contribution in [0.25, 0.3) is 0 Å². The van der Waals surface area contributed by atoms with Gasteiger partial charge in [0.05, 0.1) is 5.92 Å². The van der Waals surface area contributed by atoms with Crippen LogP contribution < -0.4 is 0 Å². The van der Waals surface area contributed by atoms with Crippen LogP contribution in [0.2, 0.25) is 0 Å². The molecule has 1 heterocycles. The van der Waals surface area contributed by atoms with Crippen molar-refractivity contribution < 1.29 is 9.18 Å². The maximum absolute atomic E-state index is 13.1. The Hall–Kier alpha value is -1.22. The summed E-state index contributed by atoms with van der Waals surface area (Å²) in [6.45, 7) is 3.42. The molecule has 3 heteroatoms. The topological polar surface area (TPSA) is 20.3 Å². The van der Waals surface area contributed by atoms with E-state index in [4.69, 9.17) is 0 Å². The molecule has 0 N–H and O–H groups in total. The highest BCUT2D eigenvalue weighted by atomic mass is 19.1. The zero-order valence-corrected chi connectivity index (χ0v) is 9.61. The summed E-state index contributed by atoms with van der Waals surface area (Å²) in [6, 6.07) is 6.37. The molecule has 0 aromatic heterocycles. The number of nitrogens with zero attached hydrogens (tertiary/aromatic N) is 1. The molecular weight excluding hydrogens is 205 g/mol. The number of halogens is 1. The lowest BCUT2D eigenvalue weighted by atomic mass is 9.84. The number of hydrogen-bond acceptors (Lipinski definition) is 2. The number of likely N-dealkylation sites (tertiary alicyclic amines) is 1. The predicted octanol–water partition coefficient (Wildman–Crippen LogP) is 2.06. The van der Waals surface area contributed by atoms with E-state index in [0.29, 0.717) is 6.54 Å². The summed E-state index contributed by atoms with van der Waals surface area (Å²) in [6.07, 6.45) is 0. The lowest BCUT2D eigenvalue weighted by molar-refractivity contribution is -0.127. The number of carbonyl (C=O) groups excluding carboxylic acids is 1. The number of piperidine rings is 1. The van der Waals surface area contributed by atoms with Crippen molar-refractivity contribution in [2.75, 3.05) is 20.1 Å². The van der Waals surface area contributed by atoms with Crippen LogP contribution in [0, 0.1) is 11.7 Å². The van der Waals surface area contributed by atoms with Crippen LogP contribution >= 0.6 is 0 Å². The highest BCUT2D eigenvalue weighted by Crippen LogP contribution is 2.26. The van der Waals surface area contributed by atoms with Crippen LogP contribution in [0.4, 0.5) is 4.39 Å². The minimum Gasteiger partial charge on any atom is -0.305 e. The second kappa shape index (κ2) is 4.34. The second-order valence-corrected chi connectivity index (χ2v) is 4.63. The standard InChI is InChI=1S/C13H16FNO/c1-9-7-15(2)8-12(13(9)16)10-4-3-5-11(14)6-10/h3-6,9,12H,7-8H2,1-2H3. The van der Waals surface area contributed by atoms with E-state index in [1.165, 1.54) is 12.1 Å². The van der Waals surface area contributed by atoms with Crippen LogP contribution in [0.5, 0.6) is 0 Å². The predicted molar refractivity (Wildman–Crippen MR) is 60.8 cm³/mol. The van der Waals surface area contributed by atoms with E-state index in [9.17, 15) is 9.18 Å². The van der Waals surface area contributed by atoms with Gasteiger partial charge in [-0.2, -0.15) is 0 Å². The molecule has 1 aromatic rings. The smallest absolute Gasteiger partial charge is 0.145 e. The largest absolute Gasteiger partial charge is 0.305 e. The van der Waals surface area contributed by atoms with Crippen LogP contribution in [0.15, 0.2) is 24.3 Å². The van der Waals surface area contributed by atoms with Crippen molar-refractivity contribution >= 4 is 5.78 Å². The molecule has 1 fully saturated rings. The normalized spacial score (nSPS) is 27.1. The summed E-state index contributed by atoms with van der Waals surface area (Å²) < 4.78 is 13.1.